The first kappa shape index (κ1) is 14.8. The van der Waals surface area contributed by atoms with Crippen LogP contribution in [0, 0.1) is 0 Å². The quantitative estimate of drug-likeness (QED) is 0.881. The molecule has 1 aromatic heterocycles. The van der Waals surface area contributed by atoms with Crippen LogP contribution >= 0.6 is 15.9 Å². The molecule has 0 unspecified atom stereocenters. The second-order valence-electron chi connectivity index (χ2n) is 4.28. The molecule has 0 amide bonds. The Morgan fingerprint density at radius 1 is 1.20 bits per heavy atom. The molecule has 0 radical (unpaired) electrons. The molecule has 2 N–H and O–H groups in total. The van der Waals surface area contributed by atoms with Gasteiger partial charge in [-0.05, 0) is 58.7 Å². The van der Waals surface area contributed by atoms with Crippen LogP contribution in [-0.2, 0) is 13.0 Å². The topological polar surface area (TPSA) is 57.4 Å². The Morgan fingerprint density at radius 3 is 2.70 bits per heavy atom. The van der Waals surface area contributed by atoms with E-state index in [-0.39, 0.29) is 0 Å². The van der Waals surface area contributed by atoms with Gasteiger partial charge in [-0.3, -0.25) is 4.98 Å². The van der Waals surface area contributed by atoms with Crippen molar-refractivity contribution < 1.29 is 9.47 Å². The molecular formula is C15H17BrN2O2. The van der Waals surface area contributed by atoms with Gasteiger partial charge in [0.1, 0.15) is 6.61 Å². The van der Waals surface area contributed by atoms with Crippen LogP contribution < -0.4 is 15.2 Å². The molecule has 0 aliphatic heterocycles. The summed E-state index contributed by atoms with van der Waals surface area (Å²) < 4.78 is 12.0. The number of methoxy groups -OCH3 is 1. The van der Waals surface area contributed by atoms with Crippen LogP contribution in [0.3, 0.4) is 0 Å². The molecule has 1 heterocycles. The van der Waals surface area contributed by atoms with Crippen molar-refractivity contribution in [3.05, 3.63) is 52.3 Å². The smallest absolute Gasteiger partial charge is 0.161 e. The minimum Gasteiger partial charge on any atom is -0.493 e. The largest absolute Gasteiger partial charge is 0.493 e. The molecule has 2 aromatic rings. The summed E-state index contributed by atoms with van der Waals surface area (Å²) in [5, 5.41) is 0. The zero-order chi connectivity index (χ0) is 14.4. The fourth-order valence-electron chi connectivity index (χ4n) is 1.80. The zero-order valence-electron chi connectivity index (χ0n) is 11.3. The molecule has 5 heteroatoms. The molecule has 106 valence electrons. The van der Waals surface area contributed by atoms with E-state index < -0.39 is 0 Å². The second kappa shape index (κ2) is 7.26. The summed E-state index contributed by atoms with van der Waals surface area (Å²) in [6, 6.07) is 9.71. The number of aromatic nitrogens is 1. The molecule has 0 saturated heterocycles. The van der Waals surface area contributed by atoms with E-state index in [9.17, 15) is 0 Å². The Kier molecular flexibility index (Phi) is 5.38. The summed E-state index contributed by atoms with van der Waals surface area (Å²) in [7, 11) is 1.63. The molecule has 4 nitrogen and oxygen atoms in total. The Morgan fingerprint density at radius 2 is 2.05 bits per heavy atom. The van der Waals surface area contributed by atoms with Gasteiger partial charge in [0, 0.05) is 10.7 Å². The average Bonchev–Trinajstić information content (AvgIpc) is 2.47. The molecule has 0 saturated carbocycles. The first-order valence-electron chi connectivity index (χ1n) is 6.33. The molecule has 2 rings (SSSR count). The number of nitrogens with zero attached hydrogens (tertiary/aromatic N) is 1. The highest BCUT2D eigenvalue weighted by Crippen LogP contribution is 2.28. The van der Waals surface area contributed by atoms with Crippen LogP contribution in [-0.4, -0.2) is 18.6 Å². The second-order valence-corrected chi connectivity index (χ2v) is 5.20. The van der Waals surface area contributed by atoms with Crippen molar-refractivity contribution in [1.29, 1.82) is 0 Å². The highest BCUT2D eigenvalue weighted by atomic mass is 79.9. The average molecular weight is 337 g/mol. The van der Waals surface area contributed by atoms with Gasteiger partial charge in [0.2, 0.25) is 0 Å². The molecule has 0 aliphatic rings. The maximum absolute atomic E-state index is 5.75. The van der Waals surface area contributed by atoms with Gasteiger partial charge in [0.25, 0.3) is 0 Å². The lowest BCUT2D eigenvalue weighted by Crippen LogP contribution is -2.04. The van der Waals surface area contributed by atoms with Crippen LogP contribution in [0.1, 0.15) is 11.3 Å². The van der Waals surface area contributed by atoms with Gasteiger partial charge in [0.15, 0.2) is 11.5 Å². The fraction of sp³-hybridized carbons (Fsp3) is 0.267. The summed E-state index contributed by atoms with van der Waals surface area (Å²) in [6.07, 6.45) is 2.57. The van der Waals surface area contributed by atoms with Gasteiger partial charge in [-0.25, -0.2) is 0 Å². The lowest BCUT2D eigenvalue weighted by molar-refractivity contribution is 0.280. The van der Waals surface area contributed by atoms with Crippen LogP contribution in [0.5, 0.6) is 11.5 Å². The fourth-order valence-corrected chi connectivity index (χ4v) is 2.03. The van der Waals surface area contributed by atoms with Gasteiger partial charge in [0.05, 0.1) is 12.8 Å². The summed E-state index contributed by atoms with van der Waals surface area (Å²) in [4.78, 5) is 4.27. The molecular weight excluding hydrogens is 320 g/mol. The third-order valence-electron chi connectivity index (χ3n) is 2.83. The van der Waals surface area contributed by atoms with Gasteiger partial charge in [-0.15, -0.1) is 0 Å². The highest BCUT2D eigenvalue weighted by molar-refractivity contribution is 9.10. The van der Waals surface area contributed by atoms with Gasteiger partial charge >= 0.3 is 0 Å². The van der Waals surface area contributed by atoms with Gasteiger partial charge in [-0.2, -0.15) is 0 Å². The van der Waals surface area contributed by atoms with Crippen molar-refractivity contribution in [1.82, 2.24) is 4.98 Å². The number of hydrogen-bond donors (Lipinski definition) is 1. The van der Waals surface area contributed by atoms with Crippen LogP contribution in [0.15, 0.2) is 41.0 Å². The standard InChI is InChI=1S/C15H17BrN2O2/c1-19-15-8-11(6-7-17)2-5-14(15)20-10-13-4-3-12(16)9-18-13/h2-5,8-9H,6-7,10,17H2,1H3. The van der Waals surface area contributed by atoms with E-state index in [1.54, 1.807) is 13.3 Å². The maximum Gasteiger partial charge on any atom is 0.161 e. The van der Waals surface area contributed by atoms with Crippen molar-refractivity contribution in [2.45, 2.75) is 13.0 Å². The summed E-state index contributed by atoms with van der Waals surface area (Å²) >= 11 is 3.35. The van der Waals surface area contributed by atoms with E-state index in [0.29, 0.717) is 24.7 Å². The number of hydrogen-bond acceptors (Lipinski definition) is 4. The minimum atomic E-state index is 0.403. The van der Waals surface area contributed by atoms with E-state index in [2.05, 4.69) is 20.9 Å². The van der Waals surface area contributed by atoms with E-state index >= 15 is 0 Å². The summed E-state index contributed by atoms with van der Waals surface area (Å²) in [5.41, 5.74) is 7.55. The Labute approximate surface area is 127 Å². The van der Waals surface area contributed by atoms with E-state index in [4.69, 9.17) is 15.2 Å². The SMILES string of the molecule is COc1cc(CCN)ccc1OCc1ccc(Br)cn1. The maximum atomic E-state index is 5.75. The van der Waals surface area contributed by atoms with Crippen LogP contribution in [0.4, 0.5) is 0 Å². The van der Waals surface area contributed by atoms with E-state index in [1.807, 2.05) is 30.3 Å². The summed E-state index contributed by atoms with van der Waals surface area (Å²) in [6.45, 7) is 1.02. The molecule has 1 aromatic carbocycles. The van der Waals surface area contributed by atoms with Crippen molar-refractivity contribution in [3.63, 3.8) is 0 Å². The van der Waals surface area contributed by atoms with Crippen molar-refractivity contribution in [3.8, 4) is 11.5 Å². The lowest BCUT2D eigenvalue weighted by Gasteiger charge is -2.12. The number of halogens is 1. The first-order chi connectivity index (χ1) is 9.72. The van der Waals surface area contributed by atoms with Crippen LogP contribution in [0.2, 0.25) is 0 Å². The molecule has 0 spiro atoms. The van der Waals surface area contributed by atoms with Crippen molar-refractivity contribution >= 4 is 15.9 Å². The predicted octanol–water partition coefficient (Wildman–Crippen LogP) is 2.93. The number of benzene rings is 1. The summed E-state index contributed by atoms with van der Waals surface area (Å²) in [5.74, 6) is 1.42. The number of pyridine rings is 1. The molecule has 0 bridgehead atoms. The molecule has 0 aliphatic carbocycles. The van der Waals surface area contributed by atoms with E-state index in [0.717, 1.165) is 22.2 Å². The third-order valence-corrected chi connectivity index (χ3v) is 3.29. The van der Waals surface area contributed by atoms with Crippen molar-refractivity contribution in [2.75, 3.05) is 13.7 Å². The third kappa shape index (κ3) is 3.95. The van der Waals surface area contributed by atoms with E-state index in [1.165, 1.54) is 0 Å². The molecule has 0 atom stereocenters. The van der Waals surface area contributed by atoms with Crippen LogP contribution in [0.25, 0.3) is 0 Å². The van der Waals surface area contributed by atoms with Crippen molar-refractivity contribution in [2.24, 2.45) is 5.73 Å². The molecule has 0 fully saturated rings. The van der Waals surface area contributed by atoms with Gasteiger partial charge < -0.3 is 15.2 Å². The predicted molar refractivity (Wildman–Crippen MR) is 82.0 cm³/mol. The zero-order valence-corrected chi connectivity index (χ0v) is 12.9. The first-order valence-corrected chi connectivity index (χ1v) is 7.12. The number of nitrogens with two attached hydrogens (primary N) is 1. The Hall–Kier alpha value is -1.59. The monoisotopic (exact) mass is 336 g/mol. The number of ether oxygens (including phenoxy) is 2. The highest BCUT2D eigenvalue weighted by Gasteiger charge is 2.06. The lowest BCUT2D eigenvalue weighted by atomic mass is 10.1. The minimum absolute atomic E-state index is 0.403. The Balaban J connectivity index is 2.06. The number of rotatable bonds is 6. The Bertz CT molecular complexity index is 558. The van der Waals surface area contributed by atoms with Gasteiger partial charge in [-0.1, -0.05) is 6.07 Å². The normalized spacial score (nSPS) is 10.3. The molecule has 20 heavy (non-hydrogen) atoms.